The molecule has 172 valence electrons. The highest BCUT2D eigenvalue weighted by Gasteiger charge is 2.14. The van der Waals surface area contributed by atoms with E-state index in [0.29, 0.717) is 40.8 Å². The van der Waals surface area contributed by atoms with Gasteiger partial charge in [-0.1, -0.05) is 42.5 Å². The van der Waals surface area contributed by atoms with Crippen LogP contribution in [0.25, 0.3) is 0 Å². The number of halogens is 1. The highest BCUT2D eigenvalue weighted by atomic mass is 19.1. The Hall–Kier alpha value is -4.76. The fraction of sp³-hybridized carbons (Fsp3) is 0.0690. The quantitative estimate of drug-likeness (QED) is 0.360. The number of nitrogens with one attached hydrogen (secondary N) is 1. The van der Waals surface area contributed by atoms with E-state index in [9.17, 15) is 19.1 Å². The Kier molecular flexibility index (Phi) is 6.99. The van der Waals surface area contributed by atoms with Crippen LogP contribution < -0.4 is 5.32 Å². The number of rotatable bonds is 7. The first kappa shape index (κ1) is 23.4. The molecule has 2 N–H and O–H groups in total. The van der Waals surface area contributed by atoms with Crippen molar-refractivity contribution in [3.8, 4) is 6.07 Å². The van der Waals surface area contributed by atoms with Crippen molar-refractivity contribution >= 4 is 17.6 Å². The van der Waals surface area contributed by atoms with Gasteiger partial charge in [-0.25, -0.2) is 9.18 Å². The van der Waals surface area contributed by atoms with Gasteiger partial charge in [0.15, 0.2) is 0 Å². The number of carboxylic acid groups (broad SMARTS) is 1. The van der Waals surface area contributed by atoms with Crippen LogP contribution in [0.4, 0.5) is 10.1 Å². The Bertz CT molecular complexity index is 1440. The van der Waals surface area contributed by atoms with Crippen molar-refractivity contribution in [3.63, 3.8) is 0 Å². The molecule has 1 amide bonds. The van der Waals surface area contributed by atoms with Gasteiger partial charge in [-0.3, -0.25) is 4.79 Å². The second-order valence-electron chi connectivity index (χ2n) is 8.09. The van der Waals surface area contributed by atoms with Crippen LogP contribution in [0.15, 0.2) is 91.0 Å². The highest BCUT2D eigenvalue weighted by molar-refractivity contribution is 6.05. The first-order valence-corrected chi connectivity index (χ1v) is 10.9. The van der Waals surface area contributed by atoms with Crippen molar-refractivity contribution in [2.45, 2.75) is 12.8 Å². The molecule has 35 heavy (non-hydrogen) atoms. The van der Waals surface area contributed by atoms with Crippen LogP contribution in [0.2, 0.25) is 0 Å². The van der Waals surface area contributed by atoms with Gasteiger partial charge < -0.3 is 10.4 Å². The Morgan fingerprint density at radius 1 is 0.800 bits per heavy atom. The minimum absolute atomic E-state index is 0.110. The number of nitriles is 1. The summed E-state index contributed by atoms with van der Waals surface area (Å²) in [4.78, 5) is 24.6. The number of amides is 1. The second kappa shape index (κ2) is 10.4. The number of anilines is 1. The first-order valence-electron chi connectivity index (χ1n) is 10.9. The summed E-state index contributed by atoms with van der Waals surface area (Å²) < 4.78 is 14.0. The Morgan fingerprint density at radius 3 is 2.26 bits per heavy atom. The van der Waals surface area contributed by atoms with Crippen molar-refractivity contribution in [3.05, 3.63) is 136 Å². The molecule has 5 nitrogen and oxygen atoms in total. The third-order valence-electron chi connectivity index (χ3n) is 5.62. The zero-order valence-corrected chi connectivity index (χ0v) is 18.7. The van der Waals surface area contributed by atoms with E-state index < -0.39 is 5.97 Å². The number of carboxylic acids is 1. The molecule has 4 rings (SSSR count). The lowest BCUT2D eigenvalue weighted by Gasteiger charge is -2.13. The van der Waals surface area contributed by atoms with Gasteiger partial charge in [-0.05, 0) is 77.2 Å². The van der Waals surface area contributed by atoms with E-state index in [0.717, 1.165) is 11.1 Å². The average molecular weight is 464 g/mol. The summed E-state index contributed by atoms with van der Waals surface area (Å²) >= 11 is 0. The number of carbonyl (C=O) groups is 2. The van der Waals surface area contributed by atoms with Crippen LogP contribution in [-0.4, -0.2) is 17.0 Å². The Morgan fingerprint density at radius 2 is 1.54 bits per heavy atom. The van der Waals surface area contributed by atoms with E-state index in [1.54, 1.807) is 66.7 Å². The zero-order chi connectivity index (χ0) is 24.8. The summed E-state index contributed by atoms with van der Waals surface area (Å²) in [6.45, 7) is 0. The van der Waals surface area contributed by atoms with E-state index in [1.165, 1.54) is 18.2 Å². The molecule has 0 aliphatic rings. The third-order valence-corrected chi connectivity index (χ3v) is 5.62. The summed E-state index contributed by atoms with van der Waals surface area (Å²) in [5.41, 5.74) is 4.37. The van der Waals surface area contributed by atoms with Gasteiger partial charge in [0.05, 0.1) is 17.2 Å². The molecule has 0 unspecified atom stereocenters. The van der Waals surface area contributed by atoms with Crippen LogP contribution in [0.5, 0.6) is 0 Å². The van der Waals surface area contributed by atoms with E-state index in [2.05, 4.69) is 11.4 Å². The predicted molar refractivity (Wildman–Crippen MR) is 131 cm³/mol. The molecule has 0 aliphatic heterocycles. The summed E-state index contributed by atoms with van der Waals surface area (Å²) in [5.74, 6) is -1.72. The van der Waals surface area contributed by atoms with Crippen molar-refractivity contribution in [2.75, 3.05) is 5.32 Å². The predicted octanol–water partition coefficient (Wildman–Crippen LogP) is 5.83. The highest BCUT2D eigenvalue weighted by Crippen LogP contribution is 2.23. The first-order chi connectivity index (χ1) is 16.9. The monoisotopic (exact) mass is 464 g/mol. The Balaban J connectivity index is 1.58. The topological polar surface area (TPSA) is 90.2 Å². The normalized spacial score (nSPS) is 10.4. The van der Waals surface area contributed by atoms with Crippen molar-refractivity contribution in [1.82, 2.24) is 0 Å². The van der Waals surface area contributed by atoms with Crippen LogP contribution >= 0.6 is 0 Å². The molecule has 0 fully saturated rings. The maximum Gasteiger partial charge on any atom is 0.335 e. The lowest BCUT2D eigenvalue weighted by molar-refractivity contribution is 0.0696. The number of aromatic carboxylic acids is 1. The number of nitrogens with zero attached hydrogens (tertiary/aromatic N) is 1. The minimum atomic E-state index is -1.06. The van der Waals surface area contributed by atoms with E-state index in [-0.39, 0.29) is 17.3 Å². The average Bonchev–Trinajstić information content (AvgIpc) is 2.87. The largest absolute Gasteiger partial charge is 0.478 e. The van der Waals surface area contributed by atoms with Crippen molar-refractivity contribution in [2.24, 2.45) is 0 Å². The lowest BCUT2D eigenvalue weighted by atomic mass is 9.99. The van der Waals surface area contributed by atoms with Gasteiger partial charge >= 0.3 is 5.97 Å². The standard InChI is InChI=1S/C29H21FN2O3/c30-26-7-2-1-5-22(26)15-21-4-3-6-23(16-21)28(33)32-27-13-12-24(29(34)35)17-25(27)14-19-8-10-20(18-31)11-9-19/h1-13,16-17H,14-15H2,(H,32,33)(H,34,35). The number of hydrogen-bond acceptors (Lipinski definition) is 3. The molecule has 6 heteroatoms. The summed E-state index contributed by atoms with van der Waals surface area (Å²) in [6.07, 6.45) is 0.723. The van der Waals surface area contributed by atoms with Gasteiger partial charge in [0.25, 0.3) is 5.91 Å². The number of benzene rings is 4. The fourth-order valence-electron chi connectivity index (χ4n) is 3.79. The summed E-state index contributed by atoms with van der Waals surface area (Å²) in [7, 11) is 0. The minimum Gasteiger partial charge on any atom is -0.478 e. The fourth-order valence-corrected chi connectivity index (χ4v) is 3.79. The van der Waals surface area contributed by atoms with E-state index in [4.69, 9.17) is 5.26 Å². The summed E-state index contributed by atoms with van der Waals surface area (Å²) in [5, 5.41) is 21.3. The van der Waals surface area contributed by atoms with Gasteiger partial charge in [0.2, 0.25) is 0 Å². The molecule has 0 bridgehead atoms. The molecule has 0 saturated carbocycles. The SMILES string of the molecule is N#Cc1ccc(Cc2cc(C(=O)O)ccc2NC(=O)c2cccc(Cc3ccccc3F)c2)cc1. The molecular formula is C29H21FN2O3. The molecule has 0 radical (unpaired) electrons. The molecular weight excluding hydrogens is 443 g/mol. The van der Waals surface area contributed by atoms with Gasteiger partial charge in [0.1, 0.15) is 5.82 Å². The molecule has 0 aliphatic carbocycles. The van der Waals surface area contributed by atoms with Crippen LogP contribution in [-0.2, 0) is 12.8 Å². The zero-order valence-electron chi connectivity index (χ0n) is 18.7. The molecule has 4 aromatic carbocycles. The van der Waals surface area contributed by atoms with Crippen LogP contribution in [0, 0.1) is 17.1 Å². The number of carbonyl (C=O) groups excluding carboxylic acids is 1. The third kappa shape index (κ3) is 5.79. The van der Waals surface area contributed by atoms with E-state index >= 15 is 0 Å². The van der Waals surface area contributed by atoms with Gasteiger partial charge in [-0.15, -0.1) is 0 Å². The molecule has 4 aromatic rings. The lowest BCUT2D eigenvalue weighted by Crippen LogP contribution is -2.14. The maximum absolute atomic E-state index is 14.0. The summed E-state index contributed by atoms with van der Waals surface area (Å²) in [6, 6.07) is 27.1. The number of hydrogen-bond donors (Lipinski definition) is 2. The molecule has 0 saturated heterocycles. The van der Waals surface area contributed by atoms with Crippen LogP contribution in [0.3, 0.4) is 0 Å². The van der Waals surface area contributed by atoms with Crippen LogP contribution in [0.1, 0.15) is 48.5 Å². The smallest absolute Gasteiger partial charge is 0.335 e. The van der Waals surface area contributed by atoms with Crippen molar-refractivity contribution in [1.29, 1.82) is 5.26 Å². The molecule has 0 atom stereocenters. The maximum atomic E-state index is 14.0. The molecule has 0 heterocycles. The van der Waals surface area contributed by atoms with Gasteiger partial charge in [0, 0.05) is 17.7 Å². The molecule has 0 aromatic heterocycles. The van der Waals surface area contributed by atoms with E-state index in [1.807, 2.05) is 6.07 Å². The van der Waals surface area contributed by atoms with Gasteiger partial charge in [-0.2, -0.15) is 5.26 Å². The Labute approximate surface area is 202 Å². The van der Waals surface area contributed by atoms with Crippen molar-refractivity contribution < 1.29 is 19.1 Å². The second-order valence-corrected chi connectivity index (χ2v) is 8.09. The molecule has 0 spiro atoms.